The van der Waals surface area contributed by atoms with Gasteiger partial charge in [0, 0.05) is 6.42 Å². The summed E-state index contributed by atoms with van der Waals surface area (Å²) in [6.45, 7) is 0.346. The summed E-state index contributed by atoms with van der Waals surface area (Å²) in [5, 5.41) is 7.08. The van der Waals surface area contributed by atoms with Gasteiger partial charge in [-0.15, -0.1) is 0 Å². The Morgan fingerprint density at radius 3 is 2.50 bits per heavy atom. The summed E-state index contributed by atoms with van der Waals surface area (Å²) < 4.78 is 15.8. The van der Waals surface area contributed by atoms with E-state index in [1.807, 2.05) is 6.07 Å². The molecule has 16 heavy (non-hydrogen) atoms. The molecule has 0 spiro atoms. The van der Waals surface area contributed by atoms with Crippen LogP contribution in [0.4, 0.5) is 0 Å². The number of ether oxygens (including phenoxy) is 3. The highest BCUT2D eigenvalue weighted by molar-refractivity contribution is 5.76. The maximum Gasteiger partial charge on any atom is 0.203 e. The first-order chi connectivity index (χ1) is 7.69. The Kier molecular flexibility index (Phi) is 4.44. The van der Waals surface area contributed by atoms with Crippen LogP contribution in [0.3, 0.4) is 0 Å². The van der Waals surface area contributed by atoms with Crippen molar-refractivity contribution in [2.75, 3.05) is 20.8 Å². The van der Waals surface area contributed by atoms with E-state index in [1.54, 1.807) is 26.4 Å². The third-order valence-electron chi connectivity index (χ3n) is 2.00. The second kappa shape index (κ2) is 5.85. The lowest BCUT2D eigenvalue weighted by molar-refractivity contribution is 0.290. The van der Waals surface area contributed by atoms with Gasteiger partial charge in [0.25, 0.3) is 0 Å². The molecule has 0 aliphatic heterocycles. The number of amidine groups is 1. The summed E-state index contributed by atoms with van der Waals surface area (Å²) in [6, 6.07) is 5.38. The molecule has 0 bridgehead atoms. The molecule has 0 aromatic heterocycles. The van der Waals surface area contributed by atoms with Crippen molar-refractivity contribution in [3.8, 4) is 17.2 Å². The first-order valence-corrected chi connectivity index (χ1v) is 4.85. The van der Waals surface area contributed by atoms with Gasteiger partial charge in [-0.25, -0.2) is 0 Å². The summed E-state index contributed by atoms with van der Waals surface area (Å²) >= 11 is 0. The molecule has 0 atom stereocenters. The highest BCUT2D eigenvalue weighted by Crippen LogP contribution is 2.36. The Balaban J connectivity index is 2.74. The van der Waals surface area contributed by atoms with Crippen molar-refractivity contribution in [1.82, 2.24) is 0 Å². The molecule has 3 N–H and O–H groups in total. The summed E-state index contributed by atoms with van der Waals surface area (Å²) in [4.78, 5) is 0. The van der Waals surface area contributed by atoms with Crippen LogP contribution >= 0.6 is 0 Å². The van der Waals surface area contributed by atoms with Gasteiger partial charge in [-0.1, -0.05) is 6.07 Å². The molecule has 0 saturated carbocycles. The average molecular weight is 224 g/mol. The van der Waals surface area contributed by atoms with Crippen LogP contribution < -0.4 is 19.9 Å². The van der Waals surface area contributed by atoms with Crippen LogP contribution in [-0.2, 0) is 0 Å². The van der Waals surface area contributed by atoms with Gasteiger partial charge in [0.05, 0.1) is 26.7 Å². The lowest BCUT2D eigenvalue weighted by atomic mass is 10.3. The van der Waals surface area contributed by atoms with Crippen molar-refractivity contribution in [2.24, 2.45) is 5.73 Å². The predicted octanol–water partition coefficient (Wildman–Crippen LogP) is 1.41. The van der Waals surface area contributed by atoms with Gasteiger partial charge in [0.2, 0.25) is 5.75 Å². The SMILES string of the molecule is COc1cccc(OCCC(=N)N)c1OC. The molecule has 1 aromatic carbocycles. The first-order valence-electron chi connectivity index (χ1n) is 4.85. The lowest BCUT2D eigenvalue weighted by Crippen LogP contribution is -2.14. The summed E-state index contributed by atoms with van der Waals surface area (Å²) in [5.41, 5.74) is 5.23. The quantitative estimate of drug-likeness (QED) is 0.565. The topological polar surface area (TPSA) is 77.6 Å². The molecule has 1 aromatic rings. The maximum absolute atomic E-state index is 7.08. The van der Waals surface area contributed by atoms with Crippen LogP contribution in [0.15, 0.2) is 18.2 Å². The normalized spacial score (nSPS) is 9.62. The van der Waals surface area contributed by atoms with Crippen molar-refractivity contribution in [1.29, 1.82) is 5.41 Å². The van der Waals surface area contributed by atoms with Crippen LogP contribution in [0.1, 0.15) is 6.42 Å². The molecule has 0 amide bonds. The van der Waals surface area contributed by atoms with Crippen molar-refractivity contribution >= 4 is 5.84 Å². The van der Waals surface area contributed by atoms with Gasteiger partial charge >= 0.3 is 0 Å². The monoisotopic (exact) mass is 224 g/mol. The van der Waals surface area contributed by atoms with E-state index < -0.39 is 0 Å². The average Bonchev–Trinajstić information content (AvgIpc) is 2.28. The minimum absolute atomic E-state index is 0.0989. The number of benzene rings is 1. The van der Waals surface area contributed by atoms with E-state index in [0.717, 1.165) is 0 Å². The van der Waals surface area contributed by atoms with E-state index in [9.17, 15) is 0 Å². The molecule has 0 fully saturated rings. The fraction of sp³-hybridized carbons (Fsp3) is 0.364. The van der Waals surface area contributed by atoms with E-state index in [-0.39, 0.29) is 5.84 Å². The fourth-order valence-corrected chi connectivity index (χ4v) is 1.24. The molecule has 0 radical (unpaired) electrons. The Morgan fingerprint density at radius 1 is 1.25 bits per heavy atom. The number of para-hydroxylation sites is 1. The summed E-state index contributed by atoms with van der Waals surface area (Å²) in [7, 11) is 3.12. The standard InChI is InChI=1S/C11H16N2O3/c1-14-8-4-3-5-9(11(8)15-2)16-7-6-10(12)13/h3-5H,6-7H2,1-2H3,(H3,12,13). The number of hydrogen-bond donors (Lipinski definition) is 2. The molecule has 88 valence electrons. The number of nitrogens with one attached hydrogen (secondary N) is 1. The van der Waals surface area contributed by atoms with Crippen LogP contribution in [0.25, 0.3) is 0 Å². The second-order valence-electron chi connectivity index (χ2n) is 3.12. The van der Waals surface area contributed by atoms with Gasteiger partial charge in [-0.3, -0.25) is 5.41 Å². The molecule has 5 heteroatoms. The number of hydrogen-bond acceptors (Lipinski definition) is 4. The van der Waals surface area contributed by atoms with E-state index >= 15 is 0 Å². The van der Waals surface area contributed by atoms with E-state index in [0.29, 0.717) is 30.3 Å². The van der Waals surface area contributed by atoms with E-state index in [1.165, 1.54) is 0 Å². The Morgan fingerprint density at radius 2 is 1.94 bits per heavy atom. The molecule has 0 unspecified atom stereocenters. The second-order valence-corrected chi connectivity index (χ2v) is 3.12. The molecular formula is C11H16N2O3. The Bertz CT molecular complexity index is 366. The molecule has 1 rings (SSSR count). The largest absolute Gasteiger partial charge is 0.493 e. The van der Waals surface area contributed by atoms with Gasteiger partial charge in [0.1, 0.15) is 0 Å². The zero-order valence-corrected chi connectivity index (χ0v) is 9.45. The minimum atomic E-state index is 0.0989. The van der Waals surface area contributed by atoms with Crippen LogP contribution in [-0.4, -0.2) is 26.7 Å². The highest BCUT2D eigenvalue weighted by atomic mass is 16.5. The zero-order chi connectivity index (χ0) is 12.0. The molecule has 0 heterocycles. The van der Waals surface area contributed by atoms with Crippen molar-refractivity contribution in [3.05, 3.63) is 18.2 Å². The molecule has 0 aliphatic carbocycles. The van der Waals surface area contributed by atoms with Gasteiger partial charge in [0.15, 0.2) is 11.5 Å². The first kappa shape index (κ1) is 12.2. The van der Waals surface area contributed by atoms with Gasteiger partial charge in [-0.2, -0.15) is 0 Å². The highest BCUT2D eigenvalue weighted by Gasteiger charge is 2.10. The van der Waals surface area contributed by atoms with Gasteiger partial charge in [-0.05, 0) is 12.1 Å². The number of nitrogens with two attached hydrogens (primary N) is 1. The van der Waals surface area contributed by atoms with Gasteiger partial charge < -0.3 is 19.9 Å². The third-order valence-corrected chi connectivity index (χ3v) is 2.00. The predicted molar refractivity (Wildman–Crippen MR) is 61.6 cm³/mol. The molecule has 0 aliphatic rings. The van der Waals surface area contributed by atoms with Crippen LogP contribution in [0, 0.1) is 5.41 Å². The number of methoxy groups -OCH3 is 2. The smallest absolute Gasteiger partial charge is 0.203 e. The van der Waals surface area contributed by atoms with Crippen molar-refractivity contribution in [2.45, 2.75) is 6.42 Å². The summed E-state index contributed by atoms with van der Waals surface area (Å²) in [5.74, 6) is 1.85. The van der Waals surface area contributed by atoms with Crippen LogP contribution in [0.2, 0.25) is 0 Å². The number of rotatable bonds is 6. The van der Waals surface area contributed by atoms with E-state index in [4.69, 9.17) is 25.4 Å². The lowest BCUT2D eigenvalue weighted by Gasteiger charge is -2.13. The van der Waals surface area contributed by atoms with Crippen LogP contribution in [0.5, 0.6) is 17.2 Å². The molecular weight excluding hydrogens is 208 g/mol. The molecule has 5 nitrogen and oxygen atoms in total. The minimum Gasteiger partial charge on any atom is -0.493 e. The van der Waals surface area contributed by atoms with Crippen molar-refractivity contribution < 1.29 is 14.2 Å². The fourth-order valence-electron chi connectivity index (χ4n) is 1.24. The maximum atomic E-state index is 7.08. The zero-order valence-electron chi connectivity index (χ0n) is 9.45. The van der Waals surface area contributed by atoms with Crippen molar-refractivity contribution in [3.63, 3.8) is 0 Å². The Hall–Kier alpha value is -1.91. The Labute approximate surface area is 94.6 Å². The summed E-state index contributed by atoms with van der Waals surface area (Å²) in [6.07, 6.45) is 0.389. The molecule has 0 saturated heterocycles. The van der Waals surface area contributed by atoms with E-state index in [2.05, 4.69) is 0 Å². The third kappa shape index (κ3) is 3.05.